The molecule has 25 heavy (non-hydrogen) atoms. The van der Waals surface area contributed by atoms with Gasteiger partial charge in [-0.25, -0.2) is 4.39 Å². The van der Waals surface area contributed by atoms with E-state index in [2.05, 4.69) is 39.1 Å². The Morgan fingerprint density at radius 2 is 2.08 bits per heavy atom. The van der Waals surface area contributed by atoms with Gasteiger partial charge in [-0.15, -0.1) is 0 Å². The van der Waals surface area contributed by atoms with Gasteiger partial charge in [0.2, 0.25) is 0 Å². The molecule has 2 saturated heterocycles. The zero-order chi connectivity index (χ0) is 17.8. The summed E-state index contributed by atoms with van der Waals surface area (Å²) in [6.07, 6.45) is 5.75. The molecule has 3 aliphatic rings. The second kappa shape index (κ2) is 8.55. The molecule has 0 aromatic carbocycles. The van der Waals surface area contributed by atoms with Gasteiger partial charge >= 0.3 is 0 Å². The minimum atomic E-state index is -0.329. The van der Waals surface area contributed by atoms with Crippen LogP contribution in [0.1, 0.15) is 19.3 Å². The number of nitrogens with zero attached hydrogens (tertiary/aromatic N) is 4. The third-order valence-corrected chi connectivity index (χ3v) is 5.21. The topological polar surface area (TPSA) is 69.4 Å². The van der Waals surface area contributed by atoms with Crippen LogP contribution in [0.25, 0.3) is 0 Å². The molecule has 3 aliphatic heterocycles. The van der Waals surface area contributed by atoms with Crippen molar-refractivity contribution in [2.45, 2.75) is 43.7 Å². The molecule has 7 nitrogen and oxygen atoms in total. The number of ether oxygens (including phenoxy) is 1. The van der Waals surface area contributed by atoms with Crippen LogP contribution in [0, 0.1) is 0 Å². The van der Waals surface area contributed by atoms with Crippen molar-refractivity contribution in [3.63, 3.8) is 0 Å². The summed E-state index contributed by atoms with van der Waals surface area (Å²) in [6, 6.07) is 0.501. The fraction of sp³-hybridized carbons (Fsp3) is 0.824. The third kappa shape index (κ3) is 4.98. The second-order valence-electron chi connectivity index (χ2n) is 7.47. The number of hydrogen-bond donors (Lipinski definition) is 2. The van der Waals surface area contributed by atoms with Gasteiger partial charge in [0.1, 0.15) is 0 Å². The fourth-order valence-corrected chi connectivity index (χ4v) is 3.81. The molecule has 2 fully saturated rings. The molecule has 0 aliphatic carbocycles. The lowest BCUT2D eigenvalue weighted by Gasteiger charge is -2.37. The smallest absolute Gasteiger partial charge is 0.176 e. The second-order valence-corrected chi connectivity index (χ2v) is 7.47. The summed E-state index contributed by atoms with van der Waals surface area (Å²) >= 11 is 0. The molecule has 0 bridgehead atoms. The van der Waals surface area contributed by atoms with E-state index >= 15 is 0 Å². The van der Waals surface area contributed by atoms with Crippen LogP contribution in [-0.2, 0) is 4.74 Å². The average molecular weight is 354 g/mol. The Balaban J connectivity index is 1.41. The number of halogens is 1. The van der Waals surface area contributed by atoms with Crippen molar-refractivity contribution in [3.05, 3.63) is 12.0 Å². The molecule has 0 aromatic heterocycles. The highest BCUT2D eigenvalue weighted by molar-refractivity contribution is 5.76. The monoisotopic (exact) mass is 354 g/mol. The zero-order valence-corrected chi connectivity index (χ0v) is 15.3. The summed E-state index contributed by atoms with van der Waals surface area (Å²) in [5.41, 5.74) is 6.28. The third-order valence-electron chi connectivity index (χ3n) is 5.21. The molecule has 3 N–H and O–H groups in total. The summed E-state index contributed by atoms with van der Waals surface area (Å²) in [5, 5.41) is 2.98. The summed E-state index contributed by atoms with van der Waals surface area (Å²) in [4.78, 5) is 11.0. The Hall–Kier alpha value is -1.06. The summed E-state index contributed by atoms with van der Waals surface area (Å²) < 4.78 is 19.2. The molecule has 0 aromatic rings. The molecular weight excluding hydrogens is 323 g/mol. The molecule has 0 spiro atoms. The van der Waals surface area contributed by atoms with Crippen molar-refractivity contribution in [2.75, 3.05) is 47.0 Å². The van der Waals surface area contributed by atoms with Gasteiger partial charge in [-0.2, -0.15) is 0 Å². The molecule has 0 radical (unpaired) electrons. The maximum absolute atomic E-state index is 13.0. The maximum atomic E-state index is 13.0. The van der Waals surface area contributed by atoms with Crippen LogP contribution in [0.2, 0.25) is 0 Å². The molecule has 3 rings (SSSR count). The van der Waals surface area contributed by atoms with E-state index in [-0.39, 0.29) is 24.3 Å². The van der Waals surface area contributed by atoms with E-state index < -0.39 is 0 Å². The lowest BCUT2D eigenvalue weighted by atomic mass is 10.1. The first-order valence-corrected chi connectivity index (χ1v) is 9.18. The lowest BCUT2D eigenvalue weighted by Crippen LogP contribution is -2.50. The number of nitrogens with two attached hydrogens (primary N) is 1. The van der Waals surface area contributed by atoms with E-state index in [4.69, 9.17) is 10.5 Å². The van der Waals surface area contributed by atoms with Gasteiger partial charge in [0, 0.05) is 37.9 Å². The predicted molar refractivity (Wildman–Crippen MR) is 96.8 cm³/mol. The fourth-order valence-electron chi connectivity index (χ4n) is 3.81. The van der Waals surface area contributed by atoms with Crippen LogP contribution in [0.3, 0.4) is 0 Å². The van der Waals surface area contributed by atoms with Crippen molar-refractivity contribution < 1.29 is 9.13 Å². The van der Waals surface area contributed by atoms with Crippen LogP contribution in [0.15, 0.2) is 17.0 Å². The van der Waals surface area contributed by atoms with Crippen molar-refractivity contribution in [1.82, 2.24) is 20.0 Å². The maximum Gasteiger partial charge on any atom is 0.176 e. The van der Waals surface area contributed by atoms with Gasteiger partial charge in [-0.3, -0.25) is 19.7 Å². The predicted octanol–water partition coefficient (Wildman–Crippen LogP) is 0.157. The molecule has 0 saturated carbocycles. The number of allylic oxidation sites excluding steroid dienone is 1. The standard InChI is InChI=1S/C17H31FN6O/c1-22(2)12-24-8-5-15(19)16(24)11-25-14-3-6-23(7-4-14)17-20-9-13(18)10-21-17/h9-10,14-17,20H,3-8,11-12,19H2,1-2H3. The number of hydrogen-bond acceptors (Lipinski definition) is 7. The highest BCUT2D eigenvalue weighted by Crippen LogP contribution is 2.21. The van der Waals surface area contributed by atoms with Crippen LogP contribution < -0.4 is 11.1 Å². The van der Waals surface area contributed by atoms with Gasteiger partial charge in [0.05, 0.1) is 25.6 Å². The molecular formula is C17H31FN6O. The molecule has 142 valence electrons. The number of aliphatic imine (C=N–C) groups is 1. The van der Waals surface area contributed by atoms with E-state index in [0.717, 1.165) is 45.6 Å². The normalized spacial score (nSPS) is 32.2. The first kappa shape index (κ1) is 18.7. The van der Waals surface area contributed by atoms with Gasteiger partial charge < -0.3 is 15.8 Å². The van der Waals surface area contributed by atoms with E-state index in [9.17, 15) is 4.39 Å². The number of piperidine rings is 1. The van der Waals surface area contributed by atoms with E-state index in [1.54, 1.807) is 0 Å². The van der Waals surface area contributed by atoms with Crippen molar-refractivity contribution >= 4 is 6.21 Å². The molecule has 0 amide bonds. The quantitative estimate of drug-likeness (QED) is 0.708. The van der Waals surface area contributed by atoms with Crippen LogP contribution in [-0.4, -0.2) is 92.4 Å². The van der Waals surface area contributed by atoms with Gasteiger partial charge in [-0.1, -0.05) is 0 Å². The molecule has 3 unspecified atom stereocenters. The zero-order valence-electron chi connectivity index (χ0n) is 15.3. The minimum absolute atomic E-state index is 0.153. The van der Waals surface area contributed by atoms with E-state index in [1.165, 1.54) is 12.4 Å². The molecule has 8 heteroatoms. The largest absolute Gasteiger partial charge is 0.376 e. The Labute approximate surface area is 149 Å². The SMILES string of the molecule is CN(C)CN1CCC(N)C1COC1CCN(C2N=CC(F)=CN2)CC1. The minimum Gasteiger partial charge on any atom is -0.376 e. The van der Waals surface area contributed by atoms with Crippen molar-refractivity contribution in [2.24, 2.45) is 10.7 Å². The number of nitrogens with one attached hydrogen (secondary N) is 1. The number of likely N-dealkylation sites (tertiary alicyclic amines) is 2. The van der Waals surface area contributed by atoms with Gasteiger partial charge in [-0.05, 0) is 33.4 Å². The van der Waals surface area contributed by atoms with Crippen LogP contribution >= 0.6 is 0 Å². The Morgan fingerprint density at radius 3 is 2.72 bits per heavy atom. The summed E-state index contributed by atoms with van der Waals surface area (Å²) in [7, 11) is 4.17. The van der Waals surface area contributed by atoms with Gasteiger partial charge in [0.15, 0.2) is 12.1 Å². The van der Waals surface area contributed by atoms with Gasteiger partial charge in [0.25, 0.3) is 0 Å². The number of rotatable bonds is 6. The van der Waals surface area contributed by atoms with E-state index in [0.29, 0.717) is 12.6 Å². The first-order valence-electron chi connectivity index (χ1n) is 9.18. The highest BCUT2D eigenvalue weighted by atomic mass is 19.1. The average Bonchev–Trinajstić information content (AvgIpc) is 2.93. The Morgan fingerprint density at radius 1 is 1.32 bits per heavy atom. The highest BCUT2D eigenvalue weighted by Gasteiger charge is 2.33. The van der Waals surface area contributed by atoms with Crippen LogP contribution in [0.5, 0.6) is 0 Å². The summed E-state index contributed by atoms with van der Waals surface area (Å²) in [6.45, 7) is 4.46. The van der Waals surface area contributed by atoms with Crippen LogP contribution in [0.4, 0.5) is 4.39 Å². The Kier molecular flexibility index (Phi) is 6.40. The first-order chi connectivity index (χ1) is 12.0. The van der Waals surface area contributed by atoms with E-state index in [1.807, 2.05) is 0 Å². The molecule has 3 atom stereocenters. The van der Waals surface area contributed by atoms with Crippen molar-refractivity contribution in [1.29, 1.82) is 0 Å². The lowest BCUT2D eigenvalue weighted by molar-refractivity contribution is -0.0288. The Bertz CT molecular complexity index is 492. The molecule has 3 heterocycles. The van der Waals surface area contributed by atoms with Crippen molar-refractivity contribution in [3.8, 4) is 0 Å². The summed E-state index contributed by atoms with van der Waals surface area (Å²) in [5.74, 6) is -0.329.